The zero-order valence-corrected chi connectivity index (χ0v) is 28.6. The average molecular weight is 641 g/mol. The lowest BCUT2D eigenvalue weighted by molar-refractivity contribution is 1.04. The molecule has 8 rings (SSSR count). The molecule has 6 aromatic carbocycles. The summed E-state index contributed by atoms with van der Waals surface area (Å²) in [5.74, 6) is 0. The van der Waals surface area contributed by atoms with Gasteiger partial charge in [0, 0.05) is 0 Å². The van der Waals surface area contributed by atoms with E-state index in [1.165, 1.54) is 88.0 Å². The molecule has 6 aromatic rings. The zero-order valence-electron chi connectivity index (χ0n) is 28.6. The molecule has 240 valence electrons. The molecule has 0 amide bonds. The van der Waals surface area contributed by atoms with Gasteiger partial charge in [-0.15, -0.1) is 0 Å². The maximum atomic E-state index is 4.56. The van der Waals surface area contributed by atoms with Crippen LogP contribution >= 0.6 is 0 Å². The topological polar surface area (TPSA) is 0 Å². The standard InChI is InChI=1S/C50H40/c1-4-5-7-18-37-29-39-19-10-11-20-44(39)43(35(37)3)27-25-34(2)40-30-41(36-16-8-6-9-17-36)32-42(31-40)38-26-28-49-47-23-13-12-21-45(47)46-22-14-15-24-48(46)50(49)33-38/h4-5,7-8,10-28,30-33H,1,3,6,9,29H2,2H3/b7-5-,34-25+,37-18+,43-27+. The molecule has 0 saturated heterocycles. The number of fused-ring (bicyclic) bond motifs is 7. The summed E-state index contributed by atoms with van der Waals surface area (Å²) in [4.78, 5) is 0. The van der Waals surface area contributed by atoms with Gasteiger partial charge in [0.1, 0.15) is 0 Å². The van der Waals surface area contributed by atoms with Crippen molar-refractivity contribution in [2.45, 2.75) is 26.2 Å². The number of rotatable bonds is 6. The molecule has 0 aliphatic heterocycles. The van der Waals surface area contributed by atoms with Gasteiger partial charge in [-0.25, -0.2) is 0 Å². The van der Waals surface area contributed by atoms with Crippen LogP contribution in [0, 0.1) is 0 Å². The minimum atomic E-state index is 0.876. The molecule has 2 aliphatic rings. The van der Waals surface area contributed by atoms with Crippen molar-refractivity contribution >= 4 is 49.0 Å². The van der Waals surface area contributed by atoms with Gasteiger partial charge in [0.15, 0.2) is 0 Å². The van der Waals surface area contributed by atoms with E-state index in [0.29, 0.717) is 0 Å². The van der Waals surface area contributed by atoms with Crippen LogP contribution in [0.2, 0.25) is 0 Å². The highest BCUT2D eigenvalue weighted by atomic mass is 14.2. The molecular weight excluding hydrogens is 601 g/mol. The van der Waals surface area contributed by atoms with Crippen LogP contribution in [0.1, 0.15) is 42.0 Å². The van der Waals surface area contributed by atoms with Crippen molar-refractivity contribution < 1.29 is 0 Å². The Morgan fingerprint density at radius 2 is 1.32 bits per heavy atom. The van der Waals surface area contributed by atoms with Crippen molar-refractivity contribution in [2.24, 2.45) is 0 Å². The van der Waals surface area contributed by atoms with Crippen molar-refractivity contribution in [3.05, 3.63) is 210 Å². The quantitative estimate of drug-likeness (QED) is 0.126. The Morgan fingerprint density at radius 1 is 0.640 bits per heavy atom. The Bertz CT molecular complexity index is 2500. The van der Waals surface area contributed by atoms with Crippen molar-refractivity contribution in [1.82, 2.24) is 0 Å². The second-order valence-corrected chi connectivity index (χ2v) is 13.3. The molecule has 0 fully saturated rings. The predicted molar refractivity (Wildman–Crippen MR) is 219 cm³/mol. The largest absolute Gasteiger partial charge is 0.0991 e. The van der Waals surface area contributed by atoms with E-state index < -0.39 is 0 Å². The van der Waals surface area contributed by atoms with Crippen molar-refractivity contribution in [3.8, 4) is 11.1 Å². The van der Waals surface area contributed by atoms with Crippen LogP contribution in [0.15, 0.2) is 188 Å². The first-order valence-corrected chi connectivity index (χ1v) is 17.6. The lowest BCUT2D eigenvalue weighted by Crippen LogP contribution is -2.07. The maximum absolute atomic E-state index is 4.56. The first-order valence-electron chi connectivity index (χ1n) is 17.6. The van der Waals surface area contributed by atoms with Crippen molar-refractivity contribution in [2.75, 3.05) is 0 Å². The molecule has 0 saturated carbocycles. The second kappa shape index (κ2) is 13.5. The van der Waals surface area contributed by atoms with Gasteiger partial charge in [0.2, 0.25) is 0 Å². The molecule has 0 bridgehead atoms. The van der Waals surface area contributed by atoms with E-state index >= 15 is 0 Å². The van der Waals surface area contributed by atoms with Gasteiger partial charge in [-0.3, -0.25) is 0 Å². The summed E-state index contributed by atoms with van der Waals surface area (Å²) in [5, 5.41) is 7.78. The van der Waals surface area contributed by atoms with Gasteiger partial charge in [-0.05, 0) is 144 Å². The van der Waals surface area contributed by atoms with Gasteiger partial charge in [-0.1, -0.05) is 153 Å². The van der Waals surface area contributed by atoms with Gasteiger partial charge in [0.25, 0.3) is 0 Å². The molecule has 0 nitrogen and oxygen atoms in total. The third kappa shape index (κ3) is 5.84. The van der Waals surface area contributed by atoms with Crippen LogP contribution in [-0.4, -0.2) is 0 Å². The number of allylic oxidation sites excluding steroid dienone is 14. The van der Waals surface area contributed by atoms with Crippen molar-refractivity contribution in [1.29, 1.82) is 0 Å². The molecule has 50 heavy (non-hydrogen) atoms. The minimum absolute atomic E-state index is 0.876. The highest BCUT2D eigenvalue weighted by molar-refractivity contribution is 6.25. The summed E-state index contributed by atoms with van der Waals surface area (Å²) < 4.78 is 0. The van der Waals surface area contributed by atoms with E-state index in [4.69, 9.17) is 0 Å². The number of benzene rings is 6. The summed E-state index contributed by atoms with van der Waals surface area (Å²) in [7, 11) is 0. The van der Waals surface area contributed by atoms with Gasteiger partial charge < -0.3 is 0 Å². The van der Waals surface area contributed by atoms with Gasteiger partial charge >= 0.3 is 0 Å². The fourth-order valence-corrected chi connectivity index (χ4v) is 7.59. The summed E-state index contributed by atoms with van der Waals surface area (Å²) >= 11 is 0. The first-order chi connectivity index (χ1) is 24.6. The van der Waals surface area contributed by atoms with E-state index in [0.717, 1.165) is 24.8 Å². The molecule has 0 spiro atoms. The van der Waals surface area contributed by atoms with E-state index in [2.05, 4.69) is 172 Å². The molecule has 0 atom stereocenters. The molecule has 0 heterocycles. The van der Waals surface area contributed by atoms with E-state index in [9.17, 15) is 0 Å². The number of hydrogen-bond acceptors (Lipinski definition) is 0. The van der Waals surface area contributed by atoms with Crippen LogP contribution < -0.4 is 0 Å². The minimum Gasteiger partial charge on any atom is -0.0991 e. The van der Waals surface area contributed by atoms with Crippen LogP contribution in [0.25, 0.3) is 60.2 Å². The zero-order chi connectivity index (χ0) is 34.0. The Kier molecular flexibility index (Phi) is 8.45. The molecular formula is C50H40. The Balaban J connectivity index is 1.27. The fraction of sp³-hybridized carbons (Fsp3) is 0.0800. The Hall–Kier alpha value is -5.98. The monoisotopic (exact) mass is 640 g/mol. The predicted octanol–water partition coefficient (Wildman–Crippen LogP) is 13.8. The first kappa shape index (κ1) is 31.3. The van der Waals surface area contributed by atoms with Crippen LogP contribution in [0.5, 0.6) is 0 Å². The molecule has 0 radical (unpaired) electrons. The molecule has 0 N–H and O–H groups in total. The Morgan fingerprint density at radius 3 is 2.04 bits per heavy atom. The van der Waals surface area contributed by atoms with Crippen molar-refractivity contribution in [3.63, 3.8) is 0 Å². The smallest absolute Gasteiger partial charge is 0.00137 e. The van der Waals surface area contributed by atoms with E-state index in [1.807, 2.05) is 12.2 Å². The molecule has 0 aromatic heterocycles. The summed E-state index contributed by atoms with van der Waals surface area (Å²) in [6.07, 6.45) is 22.5. The SMILES string of the molecule is C=C/C=C\C=C1/Cc2ccccc2/C(=C/C=C(\C)c2cc(C3=CCCC=C3)cc(-c3ccc4c5ccccc5c5ccccc5c4c3)c2)C1=C. The lowest BCUT2D eigenvalue weighted by Gasteiger charge is -2.24. The van der Waals surface area contributed by atoms with Crippen LogP contribution in [0.4, 0.5) is 0 Å². The van der Waals surface area contributed by atoms with Crippen LogP contribution in [0.3, 0.4) is 0 Å². The maximum Gasteiger partial charge on any atom is -0.00137 e. The molecule has 2 aliphatic carbocycles. The fourth-order valence-electron chi connectivity index (χ4n) is 7.59. The lowest BCUT2D eigenvalue weighted by atomic mass is 9.80. The molecule has 0 unspecified atom stereocenters. The highest BCUT2D eigenvalue weighted by Gasteiger charge is 2.20. The average Bonchev–Trinajstić information content (AvgIpc) is 3.18. The second-order valence-electron chi connectivity index (χ2n) is 13.3. The summed E-state index contributed by atoms with van der Waals surface area (Å²) in [6.45, 7) is 10.6. The third-order valence-electron chi connectivity index (χ3n) is 10.2. The Labute approximate surface area is 295 Å². The third-order valence-corrected chi connectivity index (χ3v) is 10.2. The van der Waals surface area contributed by atoms with Gasteiger partial charge in [-0.2, -0.15) is 0 Å². The normalized spacial score (nSPS) is 16.5. The summed E-state index contributed by atoms with van der Waals surface area (Å²) in [5.41, 5.74) is 13.5. The highest BCUT2D eigenvalue weighted by Crippen LogP contribution is 2.40. The van der Waals surface area contributed by atoms with E-state index in [-0.39, 0.29) is 0 Å². The number of hydrogen-bond donors (Lipinski definition) is 0. The van der Waals surface area contributed by atoms with Gasteiger partial charge in [0.05, 0.1) is 0 Å². The summed E-state index contributed by atoms with van der Waals surface area (Å²) in [6, 6.07) is 40.4. The van der Waals surface area contributed by atoms with Crippen LogP contribution in [-0.2, 0) is 6.42 Å². The van der Waals surface area contributed by atoms with E-state index in [1.54, 1.807) is 0 Å². The molecule has 0 heteroatoms.